The first-order valence-electron chi connectivity index (χ1n) is 5.67. The van der Waals surface area contributed by atoms with Crippen molar-refractivity contribution in [2.45, 2.75) is 13.0 Å². The molecule has 0 saturated carbocycles. The minimum atomic E-state index is -0.216. The van der Waals surface area contributed by atoms with E-state index >= 15 is 0 Å². The van der Waals surface area contributed by atoms with Gasteiger partial charge in [-0.2, -0.15) is 5.10 Å². The Kier molecular flexibility index (Phi) is 2.76. The lowest BCUT2D eigenvalue weighted by Gasteiger charge is -2.29. The number of pyridine rings is 1. The van der Waals surface area contributed by atoms with Gasteiger partial charge in [0.15, 0.2) is 5.15 Å². The summed E-state index contributed by atoms with van der Waals surface area (Å²) in [4.78, 5) is 18.1. The molecule has 0 saturated heterocycles. The van der Waals surface area contributed by atoms with Crippen LogP contribution in [-0.4, -0.2) is 21.7 Å². The second-order valence-corrected chi connectivity index (χ2v) is 4.57. The van der Waals surface area contributed by atoms with Crippen molar-refractivity contribution >= 4 is 17.3 Å². The molecular formula is C12H11ClN4O. The smallest absolute Gasteiger partial charge is 0.287 e. The van der Waals surface area contributed by atoms with Gasteiger partial charge in [-0.1, -0.05) is 17.7 Å². The van der Waals surface area contributed by atoms with Gasteiger partial charge < -0.3 is 4.90 Å². The third-order valence-corrected chi connectivity index (χ3v) is 3.25. The molecule has 0 fully saturated rings. The van der Waals surface area contributed by atoms with E-state index in [1.54, 1.807) is 12.3 Å². The molecular weight excluding hydrogens is 252 g/mol. The second kappa shape index (κ2) is 4.42. The first kappa shape index (κ1) is 11.2. The summed E-state index contributed by atoms with van der Waals surface area (Å²) in [6.07, 6.45) is 2.63. The Morgan fingerprint density at radius 2 is 2.33 bits per heavy atom. The summed E-state index contributed by atoms with van der Waals surface area (Å²) in [5, 5.41) is 6.36. The minimum Gasteiger partial charge on any atom is -0.362 e. The van der Waals surface area contributed by atoms with Crippen LogP contribution in [0.1, 0.15) is 11.3 Å². The molecule has 2 aromatic heterocycles. The van der Waals surface area contributed by atoms with Gasteiger partial charge in [-0.15, -0.1) is 0 Å². The van der Waals surface area contributed by atoms with Crippen LogP contribution in [0.4, 0.5) is 5.69 Å². The van der Waals surface area contributed by atoms with E-state index in [4.69, 9.17) is 11.6 Å². The zero-order valence-electron chi connectivity index (χ0n) is 9.56. The van der Waals surface area contributed by atoms with Crippen molar-refractivity contribution in [3.8, 4) is 0 Å². The Morgan fingerprint density at radius 3 is 3.22 bits per heavy atom. The molecule has 0 spiro atoms. The molecule has 92 valence electrons. The van der Waals surface area contributed by atoms with Crippen molar-refractivity contribution in [3.05, 3.63) is 51.2 Å². The van der Waals surface area contributed by atoms with E-state index in [9.17, 15) is 4.79 Å². The average Bonchev–Trinajstić information content (AvgIpc) is 2.41. The lowest BCUT2D eigenvalue weighted by Crippen LogP contribution is -2.34. The minimum absolute atomic E-state index is 0.216. The lowest BCUT2D eigenvalue weighted by molar-refractivity contribution is 0.705. The Balaban J connectivity index is 1.96. The fourth-order valence-electron chi connectivity index (χ4n) is 2.18. The fourth-order valence-corrected chi connectivity index (χ4v) is 2.32. The van der Waals surface area contributed by atoms with Crippen molar-refractivity contribution in [3.63, 3.8) is 0 Å². The summed E-state index contributed by atoms with van der Waals surface area (Å²) >= 11 is 5.82. The number of halogens is 1. The predicted molar refractivity (Wildman–Crippen MR) is 68.9 cm³/mol. The molecule has 0 aromatic carbocycles. The van der Waals surface area contributed by atoms with Crippen LogP contribution in [0.5, 0.6) is 0 Å². The molecule has 2 aromatic rings. The van der Waals surface area contributed by atoms with Gasteiger partial charge in [-0.05, 0) is 11.6 Å². The molecule has 1 aliphatic rings. The van der Waals surface area contributed by atoms with Gasteiger partial charge in [0.2, 0.25) is 0 Å². The Hall–Kier alpha value is -1.88. The van der Waals surface area contributed by atoms with Gasteiger partial charge in [-0.25, -0.2) is 5.10 Å². The maximum Gasteiger partial charge on any atom is 0.287 e. The summed E-state index contributed by atoms with van der Waals surface area (Å²) in [5.41, 5.74) is 2.60. The van der Waals surface area contributed by atoms with Crippen LogP contribution in [0.25, 0.3) is 0 Å². The number of anilines is 1. The molecule has 3 rings (SSSR count). The SMILES string of the molecule is O=c1[nH]nc(Cl)cc1N1CCc2ncccc2C1. The van der Waals surface area contributed by atoms with Crippen LogP contribution < -0.4 is 10.5 Å². The van der Waals surface area contributed by atoms with E-state index in [-0.39, 0.29) is 5.56 Å². The van der Waals surface area contributed by atoms with E-state index < -0.39 is 0 Å². The van der Waals surface area contributed by atoms with Gasteiger partial charge in [0, 0.05) is 37.5 Å². The van der Waals surface area contributed by atoms with Crippen molar-refractivity contribution < 1.29 is 0 Å². The maximum atomic E-state index is 11.7. The zero-order chi connectivity index (χ0) is 12.5. The van der Waals surface area contributed by atoms with Crippen molar-refractivity contribution in [2.24, 2.45) is 0 Å². The Bertz CT molecular complexity index is 640. The molecule has 18 heavy (non-hydrogen) atoms. The van der Waals surface area contributed by atoms with Crippen molar-refractivity contribution in [1.29, 1.82) is 0 Å². The number of hydrogen-bond donors (Lipinski definition) is 1. The largest absolute Gasteiger partial charge is 0.362 e. The number of nitrogens with one attached hydrogen (secondary N) is 1. The summed E-state index contributed by atoms with van der Waals surface area (Å²) in [5.74, 6) is 0. The molecule has 0 atom stereocenters. The molecule has 6 heteroatoms. The topological polar surface area (TPSA) is 61.9 Å². The monoisotopic (exact) mass is 262 g/mol. The van der Waals surface area contributed by atoms with E-state index in [2.05, 4.69) is 15.2 Å². The number of rotatable bonds is 1. The Morgan fingerprint density at radius 1 is 1.44 bits per heavy atom. The number of aromatic amines is 1. The van der Waals surface area contributed by atoms with E-state index in [0.29, 0.717) is 17.4 Å². The standard InChI is InChI=1S/C12H11ClN4O/c13-11-6-10(12(18)16-15-11)17-5-3-9-8(7-17)2-1-4-14-9/h1-2,4,6H,3,5,7H2,(H,16,18). The van der Waals surface area contributed by atoms with Gasteiger partial charge >= 0.3 is 0 Å². The molecule has 3 heterocycles. The van der Waals surface area contributed by atoms with Crippen LogP contribution in [-0.2, 0) is 13.0 Å². The number of aromatic nitrogens is 3. The van der Waals surface area contributed by atoms with E-state index in [1.165, 1.54) is 0 Å². The van der Waals surface area contributed by atoms with Crippen LogP contribution in [0.3, 0.4) is 0 Å². The maximum absolute atomic E-state index is 11.7. The average molecular weight is 263 g/mol. The molecule has 1 aliphatic heterocycles. The third kappa shape index (κ3) is 1.97. The van der Waals surface area contributed by atoms with Crippen LogP contribution >= 0.6 is 11.6 Å². The number of hydrogen-bond acceptors (Lipinski definition) is 4. The fraction of sp³-hybridized carbons (Fsp3) is 0.250. The lowest BCUT2D eigenvalue weighted by atomic mass is 10.1. The highest BCUT2D eigenvalue weighted by Gasteiger charge is 2.19. The quantitative estimate of drug-likeness (QED) is 0.843. The van der Waals surface area contributed by atoms with Crippen LogP contribution in [0.2, 0.25) is 5.15 Å². The van der Waals surface area contributed by atoms with Gasteiger partial charge in [0.1, 0.15) is 5.69 Å². The summed E-state index contributed by atoms with van der Waals surface area (Å²) < 4.78 is 0. The van der Waals surface area contributed by atoms with Crippen LogP contribution in [0, 0.1) is 0 Å². The first-order valence-corrected chi connectivity index (χ1v) is 6.05. The van der Waals surface area contributed by atoms with Gasteiger partial charge in [0.25, 0.3) is 5.56 Å². The number of fused-ring (bicyclic) bond motifs is 1. The molecule has 0 bridgehead atoms. The summed E-state index contributed by atoms with van der Waals surface area (Å²) in [7, 11) is 0. The highest BCUT2D eigenvalue weighted by atomic mass is 35.5. The Labute approximate surface area is 108 Å². The summed E-state index contributed by atoms with van der Waals surface area (Å²) in [6.45, 7) is 1.43. The second-order valence-electron chi connectivity index (χ2n) is 4.19. The first-order chi connectivity index (χ1) is 8.74. The molecule has 0 radical (unpaired) electrons. The van der Waals surface area contributed by atoms with E-state index in [0.717, 1.165) is 24.2 Å². The highest BCUT2D eigenvalue weighted by Crippen LogP contribution is 2.21. The number of nitrogens with zero attached hydrogens (tertiary/aromatic N) is 3. The van der Waals surface area contributed by atoms with Gasteiger partial charge in [0.05, 0.1) is 0 Å². The zero-order valence-corrected chi connectivity index (χ0v) is 10.3. The van der Waals surface area contributed by atoms with Gasteiger partial charge in [-0.3, -0.25) is 9.78 Å². The molecule has 0 aliphatic carbocycles. The third-order valence-electron chi connectivity index (χ3n) is 3.06. The molecule has 0 amide bonds. The van der Waals surface area contributed by atoms with E-state index in [1.807, 2.05) is 17.0 Å². The predicted octanol–water partition coefficient (Wildman–Crippen LogP) is 1.38. The summed E-state index contributed by atoms with van der Waals surface area (Å²) in [6, 6.07) is 5.54. The molecule has 5 nitrogen and oxygen atoms in total. The molecule has 1 N–H and O–H groups in total. The van der Waals surface area contributed by atoms with Crippen molar-refractivity contribution in [1.82, 2.24) is 15.2 Å². The highest BCUT2D eigenvalue weighted by molar-refractivity contribution is 6.29. The molecule has 0 unspecified atom stereocenters. The normalized spacial score (nSPS) is 14.4. The van der Waals surface area contributed by atoms with Crippen molar-refractivity contribution in [2.75, 3.05) is 11.4 Å². The number of H-pyrrole nitrogens is 1. The van der Waals surface area contributed by atoms with Crippen LogP contribution in [0.15, 0.2) is 29.2 Å².